The molecule has 0 amide bonds. The van der Waals surface area contributed by atoms with Gasteiger partial charge in [0.05, 0.1) is 0 Å². The molecule has 76 valence electrons. The van der Waals surface area contributed by atoms with Gasteiger partial charge in [-0.2, -0.15) is 12.6 Å². The predicted octanol–water partition coefficient (Wildman–Crippen LogP) is 1.16. The zero-order valence-corrected chi connectivity index (χ0v) is 8.58. The van der Waals surface area contributed by atoms with Gasteiger partial charge in [0.1, 0.15) is 6.04 Å². The Kier molecular flexibility index (Phi) is 4.49. The van der Waals surface area contributed by atoms with E-state index in [9.17, 15) is 4.79 Å². The van der Waals surface area contributed by atoms with E-state index in [2.05, 4.69) is 17.9 Å². The smallest absolute Gasteiger partial charge is 0.321 e. The summed E-state index contributed by atoms with van der Waals surface area (Å²) in [5.74, 6) is -0.480. The van der Waals surface area contributed by atoms with E-state index in [0.29, 0.717) is 12.3 Å². The molecule has 0 aliphatic rings. The number of aliphatic carboxylic acids is 1. The van der Waals surface area contributed by atoms with Crippen molar-refractivity contribution >= 4 is 18.6 Å². The Morgan fingerprint density at radius 3 is 2.57 bits per heavy atom. The molecular formula is C10H13NO2S. The highest BCUT2D eigenvalue weighted by Gasteiger charge is 2.15. The minimum absolute atomic E-state index is 0.365. The summed E-state index contributed by atoms with van der Waals surface area (Å²) in [6.45, 7) is 0. The van der Waals surface area contributed by atoms with Crippen LogP contribution in [0.2, 0.25) is 0 Å². The molecule has 1 unspecified atom stereocenters. The normalized spacial score (nSPS) is 12.4. The third-order valence-corrected chi connectivity index (χ3v) is 2.10. The van der Waals surface area contributed by atoms with Gasteiger partial charge in [-0.15, -0.1) is 0 Å². The largest absolute Gasteiger partial charge is 0.480 e. The summed E-state index contributed by atoms with van der Waals surface area (Å²) in [6, 6.07) is 8.97. The van der Waals surface area contributed by atoms with Crippen molar-refractivity contribution in [3.8, 4) is 0 Å². The molecule has 0 bridgehead atoms. The first-order chi connectivity index (χ1) is 6.74. The number of hydrogen-bond donors (Lipinski definition) is 3. The Hall–Kier alpha value is -1.00. The van der Waals surface area contributed by atoms with Crippen molar-refractivity contribution in [2.24, 2.45) is 0 Å². The fourth-order valence-corrected chi connectivity index (χ4v) is 1.43. The molecule has 0 aliphatic heterocycles. The minimum atomic E-state index is -0.845. The monoisotopic (exact) mass is 211 g/mol. The molecular weight excluding hydrogens is 198 g/mol. The summed E-state index contributed by atoms with van der Waals surface area (Å²) in [7, 11) is 0. The lowest BCUT2D eigenvalue weighted by Crippen LogP contribution is -2.37. The van der Waals surface area contributed by atoms with E-state index in [1.54, 1.807) is 0 Å². The number of thiol groups is 1. The third-order valence-electron chi connectivity index (χ3n) is 1.92. The highest BCUT2D eigenvalue weighted by molar-refractivity contribution is 7.80. The first kappa shape index (κ1) is 11.1. The molecule has 1 aromatic rings. The molecule has 0 saturated heterocycles. The topological polar surface area (TPSA) is 49.3 Å². The van der Waals surface area contributed by atoms with Crippen molar-refractivity contribution in [1.29, 1.82) is 0 Å². The van der Waals surface area contributed by atoms with E-state index in [1.807, 2.05) is 30.3 Å². The van der Waals surface area contributed by atoms with Crippen LogP contribution in [0.5, 0.6) is 0 Å². The number of rotatable bonds is 5. The summed E-state index contributed by atoms with van der Waals surface area (Å²) in [6.07, 6.45) is 0.483. The van der Waals surface area contributed by atoms with Gasteiger partial charge in [0.25, 0.3) is 0 Å². The van der Waals surface area contributed by atoms with Crippen LogP contribution in [0.25, 0.3) is 0 Å². The Bertz CT molecular complexity index is 289. The fourth-order valence-electron chi connectivity index (χ4n) is 1.21. The van der Waals surface area contributed by atoms with Gasteiger partial charge in [-0.1, -0.05) is 30.3 Å². The maximum atomic E-state index is 10.8. The van der Waals surface area contributed by atoms with Gasteiger partial charge in [0, 0.05) is 5.88 Å². The van der Waals surface area contributed by atoms with Gasteiger partial charge in [-0.05, 0) is 12.0 Å². The molecule has 0 heterocycles. The molecule has 1 rings (SSSR count). The van der Waals surface area contributed by atoms with Crippen molar-refractivity contribution < 1.29 is 9.90 Å². The van der Waals surface area contributed by atoms with Gasteiger partial charge < -0.3 is 5.11 Å². The van der Waals surface area contributed by atoms with Crippen LogP contribution in [0.3, 0.4) is 0 Å². The maximum absolute atomic E-state index is 10.8. The molecule has 14 heavy (non-hydrogen) atoms. The van der Waals surface area contributed by atoms with Crippen molar-refractivity contribution in [3.63, 3.8) is 0 Å². The Balaban J connectivity index is 2.60. The van der Waals surface area contributed by atoms with Gasteiger partial charge in [0.2, 0.25) is 0 Å². The average Bonchev–Trinajstić information content (AvgIpc) is 2.18. The van der Waals surface area contributed by atoms with Crippen molar-refractivity contribution in [3.05, 3.63) is 35.9 Å². The van der Waals surface area contributed by atoms with Crippen LogP contribution < -0.4 is 5.32 Å². The van der Waals surface area contributed by atoms with Crippen molar-refractivity contribution in [2.75, 3.05) is 5.88 Å². The summed E-state index contributed by atoms with van der Waals surface area (Å²) in [4.78, 5) is 10.8. The SMILES string of the molecule is O=C(O)C(Cc1ccccc1)NCS. The number of carboxylic acids is 1. The molecule has 3 nitrogen and oxygen atoms in total. The molecule has 0 saturated carbocycles. The number of carboxylic acid groups (broad SMARTS) is 1. The van der Waals surface area contributed by atoms with Gasteiger partial charge in [-0.25, -0.2) is 0 Å². The summed E-state index contributed by atoms with van der Waals surface area (Å²) < 4.78 is 0. The third kappa shape index (κ3) is 3.40. The Labute approximate surface area is 88.6 Å². The first-order valence-corrected chi connectivity index (χ1v) is 4.98. The van der Waals surface area contributed by atoms with Crippen LogP contribution in [0.15, 0.2) is 30.3 Å². The molecule has 0 fully saturated rings. The lowest BCUT2D eigenvalue weighted by atomic mass is 10.1. The van der Waals surface area contributed by atoms with E-state index < -0.39 is 12.0 Å². The number of hydrogen-bond acceptors (Lipinski definition) is 3. The molecule has 1 atom stereocenters. The summed E-state index contributed by atoms with van der Waals surface area (Å²) in [5, 5.41) is 11.7. The minimum Gasteiger partial charge on any atom is -0.480 e. The van der Waals surface area contributed by atoms with E-state index >= 15 is 0 Å². The molecule has 0 aromatic heterocycles. The van der Waals surface area contributed by atoms with Crippen LogP contribution in [0, 0.1) is 0 Å². The summed E-state index contributed by atoms with van der Waals surface area (Å²) >= 11 is 3.95. The lowest BCUT2D eigenvalue weighted by Gasteiger charge is -2.12. The highest BCUT2D eigenvalue weighted by Crippen LogP contribution is 2.03. The Morgan fingerprint density at radius 1 is 1.43 bits per heavy atom. The van der Waals surface area contributed by atoms with E-state index in [4.69, 9.17) is 5.11 Å². The van der Waals surface area contributed by atoms with E-state index in [1.165, 1.54) is 0 Å². The first-order valence-electron chi connectivity index (χ1n) is 4.35. The number of nitrogens with one attached hydrogen (secondary N) is 1. The molecule has 4 heteroatoms. The average molecular weight is 211 g/mol. The number of benzene rings is 1. The van der Waals surface area contributed by atoms with Gasteiger partial charge in [-0.3, -0.25) is 10.1 Å². The fraction of sp³-hybridized carbons (Fsp3) is 0.300. The lowest BCUT2D eigenvalue weighted by molar-refractivity contribution is -0.139. The van der Waals surface area contributed by atoms with Crippen LogP contribution in [-0.4, -0.2) is 23.0 Å². The molecule has 0 aliphatic carbocycles. The van der Waals surface area contributed by atoms with Gasteiger partial charge in [0.15, 0.2) is 0 Å². The zero-order chi connectivity index (χ0) is 10.4. The standard InChI is InChI=1S/C10H13NO2S/c12-10(13)9(11-7-14)6-8-4-2-1-3-5-8/h1-5,9,11,14H,6-7H2,(H,12,13). The van der Waals surface area contributed by atoms with E-state index in [0.717, 1.165) is 5.56 Å². The maximum Gasteiger partial charge on any atom is 0.321 e. The van der Waals surface area contributed by atoms with Crippen LogP contribution in [0.4, 0.5) is 0 Å². The Morgan fingerprint density at radius 2 is 2.07 bits per heavy atom. The van der Waals surface area contributed by atoms with Crippen molar-refractivity contribution in [2.45, 2.75) is 12.5 Å². The molecule has 1 aromatic carbocycles. The summed E-state index contributed by atoms with van der Waals surface area (Å²) in [5.41, 5.74) is 1.01. The van der Waals surface area contributed by atoms with Crippen LogP contribution >= 0.6 is 12.6 Å². The second-order valence-corrected chi connectivity index (χ2v) is 3.26. The van der Waals surface area contributed by atoms with Crippen LogP contribution in [0.1, 0.15) is 5.56 Å². The quantitative estimate of drug-likeness (QED) is 0.506. The van der Waals surface area contributed by atoms with Crippen molar-refractivity contribution in [1.82, 2.24) is 5.32 Å². The zero-order valence-electron chi connectivity index (χ0n) is 7.68. The number of carbonyl (C=O) groups is 1. The second-order valence-electron chi connectivity index (χ2n) is 2.94. The second kappa shape index (κ2) is 5.67. The molecule has 2 N–H and O–H groups in total. The van der Waals surface area contributed by atoms with Gasteiger partial charge >= 0.3 is 5.97 Å². The highest BCUT2D eigenvalue weighted by atomic mass is 32.1. The van der Waals surface area contributed by atoms with E-state index in [-0.39, 0.29) is 0 Å². The molecule has 0 radical (unpaired) electrons. The predicted molar refractivity (Wildman–Crippen MR) is 58.6 cm³/mol. The van der Waals surface area contributed by atoms with Crippen LogP contribution in [-0.2, 0) is 11.2 Å². The molecule has 0 spiro atoms.